The summed E-state index contributed by atoms with van der Waals surface area (Å²) in [5.41, 5.74) is 1.21. The van der Waals surface area contributed by atoms with Gasteiger partial charge < -0.3 is 47.4 Å². The van der Waals surface area contributed by atoms with Crippen molar-refractivity contribution in [2.45, 2.75) is 117 Å². The lowest BCUT2D eigenvalue weighted by Crippen LogP contribution is -2.08. The Kier molecular flexibility index (Phi) is 37.2. The zero-order valence-electron chi connectivity index (χ0n) is 46.4. The molecule has 3 rings (SSSR count). The average molecular weight is 1090 g/mol. The number of carbonyl (C=O) groups excluding carboxylic acids is 2. The van der Waals surface area contributed by atoms with Gasteiger partial charge in [-0.1, -0.05) is 77.7 Å². The Balaban J connectivity index is 1.77. The monoisotopic (exact) mass is 1090 g/mol. The van der Waals surface area contributed by atoms with Crippen molar-refractivity contribution in [2.75, 3.05) is 79.3 Å². The van der Waals surface area contributed by atoms with Crippen LogP contribution in [0.5, 0.6) is 46.0 Å². The molecule has 0 fully saturated rings. The lowest BCUT2D eigenvalue weighted by molar-refractivity contribution is -0.286. The number of carbonyl (C=O) groups is 2. The van der Waals surface area contributed by atoms with E-state index in [0.717, 1.165) is 77.0 Å². The normalized spacial score (nSPS) is 11.0. The second-order valence-electron chi connectivity index (χ2n) is 17.5. The van der Waals surface area contributed by atoms with Crippen molar-refractivity contribution in [3.05, 3.63) is 123 Å². The zero-order valence-corrected chi connectivity index (χ0v) is 46.4. The number of unbranched alkanes of at least 4 members (excludes halogenated alkanes) is 10. The summed E-state index contributed by atoms with van der Waals surface area (Å²) in [6, 6.07) is 13.4. The summed E-state index contributed by atoms with van der Waals surface area (Å²) in [5, 5.41) is 0. The van der Waals surface area contributed by atoms with Crippen LogP contribution in [0.4, 0.5) is 0 Å². The Morgan fingerprint density at radius 3 is 1.10 bits per heavy atom. The third-order valence-electron chi connectivity index (χ3n) is 11.1. The molecule has 0 aliphatic rings. The standard InChI is InChI=1S/C62H86O16/c1-7-13-15-17-45-69-59-51(27-35-55(67-43-21-19-41-65-11-5)61(59)71-47-22-20-42-66-12-6)29-37-57(63)77-53-31-33-54(34-32-53)78-58(64)38-30-52-28-36-56(68-44-23-25-49-75-73-39-9-3)62(60(52)70-46-18-16-14-8-2)72-48-24-26-50-76-74-40-10-4/h9-12,27-38H,3-8,13-26,39-50H2,1-2H3/b37-29+,38-30+. The summed E-state index contributed by atoms with van der Waals surface area (Å²) in [4.78, 5) is 47.0. The number of rotatable bonds is 50. The lowest BCUT2D eigenvalue weighted by Gasteiger charge is -2.19. The molecule has 3 aromatic carbocycles. The van der Waals surface area contributed by atoms with Crippen LogP contribution in [0.15, 0.2) is 112 Å². The molecule has 430 valence electrons. The van der Waals surface area contributed by atoms with Crippen molar-refractivity contribution in [3.63, 3.8) is 0 Å². The van der Waals surface area contributed by atoms with E-state index in [2.05, 4.69) is 40.2 Å². The van der Waals surface area contributed by atoms with Crippen LogP contribution >= 0.6 is 0 Å². The molecule has 0 radical (unpaired) electrons. The SMILES string of the molecule is C=CCOOCCCCOc1ccc(/C=C/C(=O)Oc2ccc(OC(=O)/C=C/c3ccc(OCCCCOC=C)c(OCCCCOC=C)c3OCCCCCC)cc2)c(OCCCCCC)c1OCCCCOOCC=C. The second-order valence-corrected chi connectivity index (χ2v) is 17.5. The lowest BCUT2D eigenvalue weighted by atomic mass is 10.1. The van der Waals surface area contributed by atoms with Crippen LogP contribution in [0.1, 0.15) is 128 Å². The molecule has 0 aliphatic carbocycles. The molecular formula is C62H86O16. The fraction of sp³-hybridized carbons (Fsp3) is 0.484. The van der Waals surface area contributed by atoms with E-state index in [-0.39, 0.29) is 11.5 Å². The molecule has 0 aliphatic heterocycles. The van der Waals surface area contributed by atoms with Gasteiger partial charge in [0.2, 0.25) is 11.5 Å². The molecule has 0 N–H and O–H groups in total. The Morgan fingerprint density at radius 2 is 0.731 bits per heavy atom. The molecule has 78 heavy (non-hydrogen) atoms. The fourth-order valence-electron chi connectivity index (χ4n) is 7.07. The van der Waals surface area contributed by atoms with Gasteiger partial charge in [-0.15, -0.1) is 13.2 Å². The van der Waals surface area contributed by atoms with Gasteiger partial charge >= 0.3 is 11.9 Å². The van der Waals surface area contributed by atoms with Gasteiger partial charge in [0.25, 0.3) is 0 Å². The Bertz CT molecular complexity index is 2190. The zero-order chi connectivity index (χ0) is 55.9. The smallest absolute Gasteiger partial charge is 0.336 e. The highest BCUT2D eigenvalue weighted by Gasteiger charge is 2.20. The predicted molar refractivity (Wildman–Crippen MR) is 303 cm³/mol. The number of benzene rings is 3. The Morgan fingerprint density at radius 1 is 0.385 bits per heavy atom. The average Bonchev–Trinajstić information content (AvgIpc) is 3.47. The van der Waals surface area contributed by atoms with Gasteiger partial charge in [-0.25, -0.2) is 29.1 Å². The number of esters is 2. The first-order valence-corrected chi connectivity index (χ1v) is 27.5. The molecule has 0 spiro atoms. The molecule has 0 atom stereocenters. The van der Waals surface area contributed by atoms with Crippen LogP contribution < -0.4 is 37.9 Å². The van der Waals surface area contributed by atoms with Gasteiger partial charge in [-0.2, -0.15) is 0 Å². The van der Waals surface area contributed by atoms with Gasteiger partial charge in [-0.05, 0) is 125 Å². The van der Waals surface area contributed by atoms with E-state index in [1.807, 2.05) is 18.2 Å². The maximum atomic E-state index is 13.3. The second kappa shape index (κ2) is 44.3. The summed E-state index contributed by atoms with van der Waals surface area (Å²) in [7, 11) is 0. The largest absolute Gasteiger partial charge is 0.502 e. The first-order valence-electron chi connectivity index (χ1n) is 27.5. The quantitative estimate of drug-likeness (QED) is 0.00766. The summed E-state index contributed by atoms with van der Waals surface area (Å²) in [6.07, 6.45) is 25.8. The molecule has 0 aromatic heterocycles. The van der Waals surface area contributed by atoms with Crippen LogP contribution in [0, 0.1) is 0 Å². The molecule has 0 heterocycles. The molecule has 0 saturated carbocycles. The Hall–Kier alpha value is -6.72. The first-order chi connectivity index (χ1) is 38.4. The van der Waals surface area contributed by atoms with Gasteiger partial charge in [-0.3, -0.25) is 0 Å². The van der Waals surface area contributed by atoms with Crippen molar-refractivity contribution in [1.82, 2.24) is 0 Å². The molecule has 16 nitrogen and oxygen atoms in total. The molecular weight excluding hydrogens is 1000 g/mol. The maximum absolute atomic E-state index is 13.3. The topological polar surface area (TPSA) is 163 Å². The minimum absolute atomic E-state index is 0.241. The van der Waals surface area contributed by atoms with Crippen LogP contribution in [-0.4, -0.2) is 91.2 Å². The molecule has 16 heteroatoms. The highest BCUT2D eigenvalue weighted by Crippen LogP contribution is 2.43. The summed E-state index contributed by atoms with van der Waals surface area (Å²) in [5.74, 6) is 2.07. The van der Waals surface area contributed by atoms with Gasteiger partial charge in [0.15, 0.2) is 23.0 Å². The minimum atomic E-state index is -0.639. The van der Waals surface area contributed by atoms with Gasteiger partial charge in [0.05, 0.1) is 78.6 Å². The fourth-order valence-corrected chi connectivity index (χ4v) is 7.07. The van der Waals surface area contributed by atoms with Gasteiger partial charge in [0, 0.05) is 23.3 Å². The predicted octanol–water partition coefficient (Wildman–Crippen LogP) is 14.1. The highest BCUT2D eigenvalue weighted by molar-refractivity contribution is 5.90. The molecule has 0 bridgehead atoms. The first kappa shape index (κ1) is 65.6. The van der Waals surface area contributed by atoms with Crippen LogP contribution in [0.3, 0.4) is 0 Å². The van der Waals surface area contributed by atoms with Gasteiger partial charge in [0.1, 0.15) is 24.7 Å². The molecule has 0 saturated heterocycles. The van der Waals surface area contributed by atoms with Crippen molar-refractivity contribution in [3.8, 4) is 46.0 Å². The van der Waals surface area contributed by atoms with Crippen molar-refractivity contribution in [2.24, 2.45) is 0 Å². The van der Waals surface area contributed by atoms with Crippen LogP contribution in [0.2, 0.25) is 0 Å². The van der Waals surface area contributed by atoms with Crippen LogP contribution in [-0.2, 0) is 38.6 Å². The summed E-state index contributed by atoms with van der Waals surface area (Å²) < 4.78 is 59.8. The molecule has 0 amide bonds. The molecule has 3 aromatic rings. The van der Waals surface area contributed by atoms with Crippen molar-refractivity contribution in [1.29, 1.82) is 0 Å². The van der Waals surface area contributed by atoms with E-state index in [1.54, 1.807) is 54.6 Å². The van der Waals surface area contributed by atoms with Crippen LogP contribution in [0.25, 0.3) is 12.2 Å². The Labute approximate surface area is 463 Å². The summed E-state index contributed by atoms with van der Waals surface area (Å²) >= 11 is 0. The van der Waals surface area contributed by atoms with Crippen molar-refractivity contribution >= 4 is 24.1 Å². The number of ether oxygens (including phenoxy) is 10. The van der Waals surface area contributed by atoms with E-state index in [9.17, 15) is 9.59 Å². The number of hydrogen-bond acceptors (Lipinski definition) is 16. The highest BCUT2D eigenvalue weighted by atomic mass is 17.2. The number of hydrogen-bond donors (Lipinski definition) is 0. The third-order valence-corrected chi connectivity index (χ3v) is 11.1. The maximum Gasteiger partial charge on any atom is 0.336 e. The van der Waals surface area contributed by atoms with E-state index < -0.39 is 11.9 Å². The summed E-state index contributed by atoms with van der Waals surface area (Å²) in [6.45, 7) is 23.7. The van der Waals surface area contributed by atoms with E-state index in [4.69, 9.17) is 66.9 Å². The third kappa shape index (κ3) is 29.1. The minimum Gasteiger partial charge on any atom is -0.502 e. The van der Waals surface area contributed by atoms with Crippen molar-refractivity contribution < 1.29 is 76.5 Å². The van der Waals surface area contributed by atoms with E-state index in [0.29, 0.717) is 151 Å². The van der Waals surface area contributed by atoms with E-state index >= 15 is 0 Å². The molecule has 0 unspecified atom stereocenters. The van der Waals surface area contributed by atoms with E-state index in [1.165, 1.54) is 24.7 Å².